The van der Waals surface area contributed by atoms with Crippen LogP contribution in [0.1, 0.15) is 21.8 Å². The third-order valence-corrected chi connectivity index (χ3v) is 4.68. The summed E-state index contributed by atoms with van der Waals surface area (Å²) in [6.07, 6.45) is 6.55. The van der Waals surface area contributed by atoms with Gasteiger partial charge in [0, 0.05) is 17.3 Å². The summed E-state index contributed by atoms with van der Waals surface area (Å²) in [7, 11) is 0. The third-order valence-electron chi connectivity index (χ3n) is 3.05. The van der Waals surface area contributed by atoms with Crippen molar-refractivity contribution in [2.75, 3.05) is 18.6 Å². The first-order valence-electron chi connectivity index (χ1n) is 6.67. The van der Waals surface area contributed by atoms with Crippen LogP contribution in [-0.4, -0.2) is 45.2 Å². The quantitative estimate of drug-likeness (QED) is 0.818. The molecule has 0 bridgehead atoms. The average molecular weight is 325 g/mol. The van der Waals surface area contributed by atoms with E-state index >= 15 is 0 Å². The lowest BCUT2D eigenvalue weighted by molar-refractivity contribution is 0.0910. The summed E-state index contributed by atoms with van der Waals surface area (Å²) in [6, 6.07) is 3.61. The highest BCUT2D eigenvalue weighted by Gasteiger charge is 2.19. The molecule has 2 aromatic rings. The van der Waals surface area contributed by atoms with Gasteiger partial charge in [0.15, 0.2) is 5.13 Å². The van der Waals surface area contributed by atoms with E-state index < -0.39 is 0 Å². The second-order valence-electron chi connectivity index (χ2n) is 4.63. The molecule has 0 unspecified atom stereocenters. The molecule has 0 aliphatic rings. The SMILES string of the molecule is CSCC[C@@H](CO)NC(=O)c1nc(-n2cccc2)sc1C. The summed E-state index contributed by atoms with van der Waals surface area (Å²) in [5.74, 6) is 0.679. The van der Waals surface area contributed by atoms with Crippen molar-refractivity contribution < 1.29 is 9.90 Å². The number of nitrogens with zero attached hydrogens (tertiary/aromatic N) is 2. The van der Waals surface area contributed by atoms with Crippen molar-refractivity contribution in [3.63, 3.8) is 0 Å². The smallest absolute Gasteiger partial charge is 0.271 e. The van der Waals surface area contributed by atoms with Crippen molar-refractivity contribution in [2.24, 2.45) is 0 Å². The van der Waals surface area contributed by atoms with E-state index in [0.29, 0.717) is 5.69 Å². The molecule has 1 atom stereocenters. The maximum atomic E-state index is 12.3. The molecule has 1 amide bonds. The number of hydrogen-bond acceptors (Lipinski definition) is 5. The molecular weight excluding hydrogens is 306 g/mol. The zero-order chi connectivity index (χ0) is 15.2. The first-order chi connectivity index (χ1) is 10.2. The molecule has 0 fully saturated rings. The Morgan fingerprint density at radius 2 is 2.24 bits per heavy atom. The molecule has 7 heteroatoms. The lowest BCUT2D eigenvalue weighted by atomic mass is 10.2. The lowest BCUT2D eigenvalue weighted by Crippen LogP contribution is -2.38. The van der Waals surface area contributed by atoms with Gasteiger partial charge in [0.2, 0.25) is 0 Å². The highest BCUT2D eigenvalue weighted by molar-refractivity contribution is 7.98. The molecule has 0 spiro atoms. The van der Waals surface area contributed by atoms with Gasteiger partial charge in [0.05, 0.1) is 12.6 Å². The van der Waals surface area contributed by atoms with Gasteiger partial charge < -0.3 is 15.0 Å². The molecule has 2 rings (SSSR count). The molecule has 2 aromatic heterocycles. The Bertz CT molecular complexity index is 581. The van der Waals surface area contributed by atoms with Gasteiger partial charge in [0.25, 0.3) is 5.91 Å². The van der Waals surface area contributed by atoms with Crippen molar-refractivity contribution in [1.82, 2.24) is 14.9 Å². The summed E-state index contributed by atoms with van der Waals surface area (Å²) in [6.45, 7) is 1.83. The number of thioether (sulfide) groups is 1. The Balaban J connectivity index is 2.08. The van der Waals surface area contributed by atoms with E-state index in [2.05, 4.69) is 10.3 Å². The van der Waals surface area contributed by atoms with E-state index in [1.807, 2.05) is 42.3 Å². The van der Waals surface area contributed by atoms with Crippen molar-refractivity contribution in [2.45, 2.75) is 19.4 Å². The van der Waals surface area contributed by atoms with Crippen LogP contribution in [0.3, 0.4) is 0 Å². The van der Waals surface area contributed by atoms with Crippen molar-refractivity contribution >= 4 is 29.0 Å². The second kappa shape index (κ2) is 7.63. The molecule has 0 aliphatic heterocycles. The fraction of sp³-hybridized carbons (Fsp3) is 0.429. The number of rotatable bonds is 7. The molecule has 114 valence electrons. The van der Waals surface area contributed by atoms with E-state index in [1.165, 1.54) is 11.3 Å². The van der Waals surface area contributed by atoms with Crippen molar-refractivity contribution in [3.8, 4) is 5.13 Å². The third kappa shape index (κ3) is 4.09. The van der Waals surface area contributed by atoms with E-state index in [1.54, 1.807) is 11.8 Å². The zero-order valence-corrected chi connectivity index (χ0v) is 13.7. The lowest BCUT2D eigenvalue weighted by Gasteiger charge is -2.15. The summed E-state index contributed by atoms with van der Waals surface area (Å²) >= 11 is 3.17. The highest BCUT2D eigenvalue weighted by atomic mass is 32.2. The molecule has 0 aliphatic carbocycles. The van der Waals surface area contributed by atoms with Crippen LogP contribution in [0.25, 0.3) is 5.13 Å². The van der Waals surface area contributed by atoms with Gasteiger partial charge in [-0.15, -0.1) is 11.3 Å². The Kier molecular flexibility index (Phi) is 5.84. The van der Waals surface area contributed by atoms with Crippen molar-refractivity contribution in [1.29, 1.82) is 0 Å². The van der Waals surface area contributed by atoms with Gasteiger partial charge in [-0.1, -0.05) is 0 Å². The fourth-order valence-corrected chi connectivity index (χ4v) is 3.28. The predicted molar refractivity (Wildman–Crippen MR) is 87.5 cm³/mol. The molecule has 5 nitrogen and oxygen atoms in total. The number of amides is 1. The summed E-state index contributed by atoms with van der Waals surface area (Å²) in [5.41, 5.74) is 0.436. The van der Waals surface area contributed by atoms with Crippen LogP contribution in [0.15, 0.2) is 24.5 Å². The first kappa shape index (κ1) is 16.1. The number of carbonyl (C=O) groups excluding carboxylic acids is 1. The van der Waals surface area contributed by atoms with E-state index in [4.69, 9.17) is 0 Å². The Morgan fingerprint density at radius 3 is 2.86 bits per heavy atom. The van der Waals surface area contributed by atoms with Gasteiger partial charge in [0.1, 0.15) is 5.69 Å². The number of carbonyl (C=O) groups is 1. The standard InChI is InChI=1S/C14H19N3O2S2/c1-10-12(13(19)15-11(9-18)5-8-20-2)16-14(21-10)17-6-3-4-7-17/h3-4,6-7,11,18H,5,8-9H2,1-2H3,(H,15,19)/t11-/m0/s1. The Morgan fingerprint density at radius 1 is 1.52 bits per heavy atom. The highest BCUT2D eigenvalue weighted by Crippen LogP contribution is 2.21. The van der Waals surface area contributed by atoms with Crippen LogP contribution in [0, 0.1) is 6.92 Å². The summed E-state index contributed by atoms with van der Waals surface area (Å²) < 4.78 is 1.88. The van der Waals surface area contributed by atoms with Gasteiger partial charge in [-0.3, -0.25) is 4.79 Å². The molecule has 0 radical (unpaired) electrons. The number of aliphatic hydroxyl groups is 1. The number of hydrogen-bond donors (Lipinski definition) is 2. The minimum Gasteiger partial charge on any atom is -0.394 e. The van der Waals surface area contributed by atoms with E-state index in [-0.39, 0.29) is 18.6 Å². The van der Waals surface area contributed by atoms with Crippen LogP contribution in [0.2, 0.25) is 0 Å². The molecule has 2 N–H and O–H groups in total. The average Bonchev–Trinajstić information content (AvgIpc) is 3.12. The minimum absolute atomic E-state index is 0.0556. The Labute approximate surface area is 132 Å². The van der Waals surface area contributed by atoms with E-state index in [9.17, 15) is 9.90 Å². The number of aliphatic hydroxyl groups excluding tert-OH is 1. The zero-order valence-electron chi connectivity index (χ0n) is 12.1. The molecule has 0 saturated heterocycles. The largest absolute Gasteiger partial charge is 0.394 e. The van der Waals surface area contributed by atoms with Gasteiger partial charge in [-0.2, -0.15) is 11.8 Å². The Hall–Kier alpha value is -1.31. The van der Waals surface area contributed by atoms with E-state index in [0.717, 1.165) is 22.2 Å². The molecule has 0 saturated carbocycles. The number of nitrogens with one attached hydrogen (secondary N) is 1. The van der Waals surface area contributed by atoms with Crippen LogP contribution in [-0.2, 0) is 0 Å². The number of aromatic nitrogens is 2. The second-order valence-corrected chi connectivity index (χ2v) is 6.79. The van der Waals surface area contributed by atoms with Crippen molar-refractivity contribution in [3.05, 3.63) is 35.1 Å². The fourth-order valence-electron chi connectivity index (χ4n) is 1.89. The molecule has 21 heavy (non-hydrogen) atoms. The number of thiazole rings is 1. The van der Waals surface area contributed by atoms with Crippen LogP contribution < -0.4 is 5.32 Å². The molecule has 0 aromatic carbocycles. The normalized spacial score (nSPS) is 12.3. The maximum absolute atomic E-state index is 12.3. The molecule has 2 heterocycles. The maximum Gasteiger partial charge on any atom is 0.271 e. The summed E-state index contributed by atoms with van der Waals surface area (Å²) in [4.78, 5) is 17.6. The van der Waals surface area contributed by atoms with Gasteiger partial charge >= 0.3 is 0 Å². The predicted octanol–water partition coefficient (Wildman–Crippen LogP) is 2.09. The summed E-state index contributed by atoms with van der Waals surface area (Å²) in [5, 5.41) is 12.9. The number of aryl methyl sites for hydroxylation is 1. The first-order valence-corrected chi connectivity index (χ1v) is 8.88. The van der Waals surface area contributed by atoms with Crippen LogP contribution in [0.5, 0.6) is 0 Å². The van der Waals surface area contributed by atoms with Crippen LogP contribution >= 0.6 is 23.1 Å². The van der Waals surface area contributed by atoms with Gasteiger partial charge in [-0.05, 0) is 37.5 Å². The monoisotopic (exact) mass is 325 g/mol. The van der Waals surface area contributed by atoms with Gasteiger partial charge in [-0.25, -0.2) is 4.98 Å². The van der Waals surface area contributed by atoms with Crippen LogP contribution in [0.4, 0.5) is 0 Å². The molecular formula is C14H19N3O2S2. The minimum atomic E-state index is -0.221. The topological polar surface area (TPSA) is 67.2 Å².